The Morgan fingerprint density at radius 3 is 3.00 bits per heavy atom. The van der Waals surface area contributed by atoms with E-state index in [9.17, 15) is 0 Å². The summed E-state index contributed by atoms with van der Waals surface area (Å²) < 4.78 is 7.61. The maximum atomic E-state index is 6.44. The minimum Gasteiger partial charge on any atom is -0.381 e. The maximum absolute atomic E-state index is 6.44. The minimum atomic E-state index is -0.0625. The van der Waals surface area contributed by atoms with E-state index in [2.05, 4.69) is 20.6 Å². The molecule has 2 N–H and O–H groups in total. The first kappa shape index (κ1) is 11.2. The fourth-order valence-corrected chi connectivity index (χ4v) is 2.74. The summed E-state index contributed by atoms with van der Waals surface area (Å²) >= 11 is 0. The van der Waals surface area contributed by atoms with Crippen LogP contribution in [0.3, 0.4) is 0 Å². The Labute approximate surface area is 102 Å². The summed E-state index contributed by atoms with van der Waals surface area (Å²) in [5, 5.41) is 0. The first-order chi connectivity index (χ1) is 8.25. The molecular formula is C12H20N4O. The van der Waals surface area contributed by atoms with Crippen LogP contribution in [0.25, 0.3) is 0 Å². The molecule has 0 saturated carbocycles. The number of fused-ring (bicyclic) bond motifs is 1. The lowest BCUT2D eigenvalue weighted by molar-refractivity contribution is 0.0333. The molecule has 0 atom stereocenters. The molecule has 3 heterocycles. The van der Waals surface area contributed by atoms with Gasteiger partial charge in [0.1, 0.15) is 5.82 Å². The van der Waals surface area contributed by atoms with Crippen LogP contribution in [0.15, 0.2) is 12.4 Å². The predicted molar refractivity (Wildman–Crippen MR) is 64.5 cm³/mol. The average molecular weight is 236 g/mol. The van der Waals surface area contributed by atoms with Crippen molar-refractivity contribution in [3.05, 3.63) is 18.2 Å². The van der Waals surface area contributed by atoms with Crippen LogP contribution in [0.1, 0.15) is 18.7 Å². The van der Waals surface area contributed by atoms with E-state index in [1.54, 1.807) is 0 Å². The van der Waals surface area contributed by atoms with Gasteiger partial charge in [-0.05, 0) is 12.8 Å². The molecule has 0 spiro atoms. The number of aromatic nitrogens is 2. The van der Waals surface area contributed by atoms with Crippen LogP contribution >= 0.6 is 0 Å². The third-order valence-corrected chi connectivity index (χ3v) is 3.85. The van der Waals surface area contributed by atoms with Crippen molar-refractivity contribution in [3.63, 3.8) is 0 Å². The maximum Gasteiger partial charge on any atom is 0.122 e. The van der Waals surface area contributed by atoms with Crippen molar-refractivity contribution in [1.82, 2.24) is 14.5 Å². The SMILES string of the molecule is NC1(CN2CCn3ccnc3C2)CCOCC1. The Balaban J connectivity index is 1.63. The molecule has 1 aromatic rings. The fourth-order valence-electron chi connectivity index (χ4n) is 2.74. The summed E-state index contributed by atoms with van der Waals surface area (Å²) in [4.78, 5) is 6.80. The Kier molecular flexibility index (Phi) is 2.90. The van der Waals surface area contributed by atoms with Gasteiger partial charge >= 0.3 is 0 Å². The standard InChI is InChI=1S/C12H20N4O/c13-12(1-7-17-8-2-12)10-15-5-6-16-4-3-14-11(16)9-15/h3-4H,1-2,5-10,13H2. The largest absolute Gasteiger partial charge is 0.381 e. The van der Waals surface area contributed by atoms with Gasteiger partial charge in [0.15, 0.2) is 0 Å². The molecule has 17 heavy (non-hydrogen) atoms. The van der Waals surface area contributed by atoms with Crippen molar-refractivity contribution in [2.75, 3.05) is 26.3 Å². The third kappa shape index (κ3) is 2.36. The van der Waals surface area contributed by atoms with Crippen molar-refractivity contribution in [2.24, 2.45) is 5.73 Å². The second kappa shape index (κ2) is 4.40. The van der Waals surface area contributed by atoms with Gasteiger partial charge in [0.25, 0.3) is 0 Å². The molecule has 0 aliphatic carbocycles. The molecular weight excluding hydrogens is 216 g/mol. The molecule has 94 valence electrons. The van der Waals surface area contributed by atoms with Crippen LogP contribution in [0, 0.1) is 0 Å². The lowest BCUT2D eigenvalue weighted by Crippen LogP contribution is -2.54. The number of imidazole rings is 1. The van der Waals surface area contributed by atoms with Gasteiger partial charge in [0.05, 0.1) is 6.54 Å². The van der Waals surface area contributed by atoms with Crippen molar-refractivity contribution < 1.29 is 4.74 Å². The van der Waals surface area contributed by atoms with E-state index in [4.69, 9.17) is 10.5 Å². The molecule has 5 nitrogen and oxygen atoms in total. The molecule has 1 fully saturated rings. The summed E-state index contributed by atoms with van der Waals surface area (Å²) in [6, 6.07) is 0. The number of hydrogen-bond donors (Lipinski definition) is 1. The molecule has 3 rings (SSSR count). The van der Waals surface area contributed by atoms with E-state index in [0.717, 1.165) is 58.1 Å². The molecule has 2 aliphatic heterocycles. The second-order valence-electron chi connectivity index (χ2n) is 5.22. The van der Waals surface area contributed by atoms with Crippen molar-refractivity contribution in [1.29, 1.82) is 0 Å². The molecule has 0 unspecified atom stereocenters. The first-order valence-electron chi connectivity index (χ1n) is 6.34. The van der Waals surface area contributed by atoms with Gasteiger partial charge in [0.2, 0.25) is 0 Å². The molecule has 5 heteroatoms. The van der Waals surface area contributed by atoms with E-state index in [1.165, 1.54) is 0 Å². The Morgan fingerprint density at radius 1 is 1.35 bits per heavy atom. The van der Waals surface area contributed by atoms with Gasteiger partial charge in [-0.3, -0.25) is 4.90 Å². The third-order valence-electron chi connectivity index (χ3n) is 3.85. The monoisotopic (exact) mass is 236 g/mol. The summed E-state index contributed by atoms with van der Waals surface area (Å²) in [6.45, 7) is 5.60. The Hall–Kier alpha value is -0.910. The van der Waals surface area contributed by atoms with Gasteiger partial charge in [-0.1, -0.05) is 0 Å². The number of rotatable bonds is 2. The Morgan fingerprint density at radius 2 is 2.18 bits per heavy atom. The zero-order chi connectivity index (χ0) is 11.7. The van der Waals surface area contributed by atoms with Crippen LogP contribution in [0.2, 0.25) is 0 Å². The quantitative estimate of drug-likeness (QED) is 0.797. The Bertz CT molecular complexity index is 384. The number of nitrogens with two attached hydrogens (primary N) is 1. The number of ether oxygens (including phenoxy) is 1. The van der Waals surface area contributed by atoms with E-state index < -0.39 is 0 Å². The van der Waals surface area contributed by atoms with Gasteiger partial charge < -0.3 is 15.0 Å². The molecule has 1 aromatic heterocycles. The topological polar surface area (TPSA) is 56.3 Å². The van der Waals surface area contributed by atoms with Gasteiger partial charge in [0, 0.05) is 50.8 Å². The first-order valence-corrected chi connectivity index (χ1v) is 6.34. The zero-order valence-electron chi connectivity index (χ0n) is 10.1. The molecule has 0 aromatic carbocycles. The molecule has 2 aliphatic rings. The lowest BCUT2D eigenvalue weighted by Gasteiger charge is -2.39. The molecule has 0 amide bonds. The predicted octanol–water partition coefficient (Wildman–Crippen LogP) is 0.207. The molecule has 0 radical (unpaired) electrons. The van der Waals surface area contributed by atoms with Crippen LogP contribution in [-0.2, 0) is 17.8 Å². The average Bonchev–Trinajstić information content (AvgIpc) is 2.76. The highest BCUT2D eigenvalue weighted by molar-refractivity contribution is 4.98. The van der Waals surface area contributed by atoms with Crippen LogP contribution in [-0.4, -0.2) is 46.3 Å². The summed E-state index contributed by atoms with van der Waals surface area (Å²) in [5.41, 5.74) is 6.37. The van der Waals surface area contributed by atoms with Crippen molar-refractivity contribution >= 4 is 0 Å². The van der Waals surface area contributed by atoms with Crippen LogP contribution in [0.5, 0.6) is 0 Å². The molecule has 1 saturated heterocycles. The smallest absolute Gasteiger partial charge is 0.122 e. The zero-order valence-corrected chi connectivity index (χ0v) is 10.1. The van der Waals surface area contributed by atoms with E-state index >= 15 is 0 Å². The lowest BCUT2D eigenvalue weighted by atomic mass is 9.90. The number of hydrogen-bond acceptors (Lipinski definition) is 4. The summed E-state index contributed by atoms with van der Waals surface area (Å²) in [6.07, 6.45) is 5.88. The van der Waals surface area contributed by atoms with E-state index in [-0.39, 0.29) is 5.54 Å². The molecule has 0 bridgehead atoms. The fraction of sp³-hybridized carbons (Fsp3) is 0.750. The van der Waals surface area contributed by atoms with Crippen molar-refractivity contribution in [3.8, 4) is 0 Å². The van der Waals surface area contributed by atoms with Crippen LogP contribution < -0.4 is 5.73 Å². The second-order valence-corrected chi connectivity index (χ2v) is 5.22. The summed E-state index contributed by atoms with van der Waals surface area (Å²) in [5.74, 6) is 1.16. The normalized spacial score (nSPS) is 24.5. The van der Waals surface area contributed by atoms with Crippen molar-refractivity contribution in [2.45, 2.75) is 31.5 Å². The highest BCUT2D eigenvalue weighted by atomic mass is 16.5. The minimum absolute atomic E-state index is 0.0625. The highest BCUT2D eigenvalue weighted by Crippen LogP contribution is 2.21. The van der Waals surface area contributed by atoms with E-state index in [1.807, 2.05) is 6.20 Å². The van der Waals surface area contributed by atoms with E-state index in [0.29, 0.717) is 0 Å². The van der Waals surface area contributed by atoms with Gasteiger partial charge in [-0.2, -0.15) is 0 Å². The highest BCUT2D eigenvalue weighted by Gasteiger charge is 2.31. The summed E-state index contributed by atoms with van der Waals surface area (Å²) in [7, 11) is 0. The van der Waals surface area contributed by atoms with Gasteiger partial charge in [-0.15, -0.1) is 0 Å². The van der Waals surface area contributed by atoms with Crippen LogP contribution in [0.4, 0.5) is 0 Å². The van der Waals surface area contributed by atoms with Gasteiger partial charge in [-0.25, -0.2) is 4.98 Å². The number of nitrogens with zero attached hydrogens (tertiary/aromatic N) is 3.